The lowest BCUT2D eigenvalue weighted by Crippen LogP contribution is -2.38. The fraction of sp³-hybridized carbons (Fsp3) is 0.278. The van der Waals surface area contributed by atoms with Crippen LogP contribution in [0.1, 0.15) is 11.1 Å². The minimum atomic E-state index is -0.338. The summed E-state index contributed by atoms with van der Waals surface area (Å²) in [7, 11) is 1.87. The number of aliphatic hydroxyl groups excluding tert-OH is 1. The zero-order valence-electron chi connectivity index (χ0n) is 13.5. The summed E-state index contributed by atoms with van der Waals surface area (Å²) in [5.74, 6) is 0.672. The van der Waals surface area contributed by atoms with Crippen molar-refractivity contribution < 1.29 is 5.11 Å². The van der Waals surface area contributed by atoms with Gasteiger partial charge in [0, 0.05) is 56.4 Å². The molecule has 6 nitrogen and oxygen atoms in total. The molecule has 4 rings (SSSR count). The van der Waals surface area contributed by atoms with E-state index in [0.29, 0.717) is 25.3 Å². The number of hydrogen-bond acceptors (Lipinski definition) is 5. The average molecular weight is 321 g/mol. The Morgan fingerprint density at radius 1 is 1.17 bits per heavy atom. The molecule has 6 heteroatoms. The number of β-amino-alcohol motifs (C(OH)–C–C–N with tert-alkyl or cyclic N) is 1. The Morgan fingerprint density at radius 3 is 2.71 bits per heavy atom. The third kappa shape index (κ3) is 2.88. The molecule has 1 atom stereocenters. The molecule has 1 aliphatic rings. The summed E-state index contributed by atoms with van der Waals surface area (Å²) in [6, 6.07) is 8.23. The van der Waals surface area contributed by atoms with Crippen molar-refractivity contribution in [3.63, 3.8) is 0 Å². The van der Waals surface area contributed by atoms with E-state index in [0.717, 1.165) is 11.1 Å². The molecular formula is C18H19N5O. The van der Waals surface area contributed by atoms with Gasteiger partial charge in [-0.25, -0.2) is 9.97 Å². The number of para-hydroxylation sites is 1. The molecule has 3 heterocycles. The van der Waals surface area contributed by atoms with E-state index in [9.17, 15) is 5.11 Å². The molecule has 1 aromatic carbocycles. The molecule has 0 aliphatic carbocycles. The summed E-state index contributed by atoms with van der Waals surface area (Å²) in [6.45, 7) is 1.31. The second-order valence-corrected chi connectivity index (χ2v) is 6.18. The molecule has 1 N–H and O–H groups in total. The molecule has 2 aromatic heterocycles. The van der Waals surface area contributed by atoms with Crippen molar-refractivity contribution in [2.24, 2.45) is 7.05 Å². The molecule has 24 heavy (non-hydrogen) atoms. The maximum atomic E-state index is 10.1. The van der Waals surface area contributed by atoms with Crippen LogP contribution < -0.4 is 4.90 Å². The second kappa shape index (κ2) is 6.05. The first-order chi connectivity index (χ1) is 11.7. The topological polar surface area (TPSA) is 67.1 Å². The van der Waals surface area contributed by atoms with E-state index in [-0.39, 0.29) is 6.10 Å². The molecule has 0 saturated carbocycles. The van der Waals surface area contributed by atoms with Gasteiger partial charge in [0.25, 0.3) is 0 Å². The normalized spacial score (nSPS) is 16.9. The fourth-order valence-corrected chi connectivity index (χ4v) is 3.16. The van der Waals surface area contributed by atoms with Crippen LogP contribution in [0.5, 0.6) is 0 Å². The van der Waals surface area contributed by atoms with Crippen molar-refractivity contribution in [1.82, 2.24) is 19.7 Å². The predicted molar refractivity (Wildman–Crippen MR) is 91.4 cm³/mol. The molecule has 0 saturated heterocycles. The Hall–Kier alpha value is -2.73. The highest BCUT2D eigenvalue weighted by molar-refractivity contribution is 5.56. The van der Waals surface area contributed by atoms with Crippen LogP contribution in [0.15, 0.2) is 49.1 Å². The van der Waals surface area contributed by atoms with Crippen molar-refractivity contribution in [3.05, 3.63) is 60.2 Å². The molecule has 1 aliphatic heterocycles. The summed E-state index contributed by atoms with van der Waals surface area (Å²) in [5, 5.41) is 14.3. The number of anilines is 1. The van der Waals surface area contributed by atoms with Crippen LogP contribution in [0.3, 0.4) is 0 Å². The third-order valence-electron chi connectivity index (χ3n) is 4.26. The standard InChI is InChI=1S/C18H19N5O/c1-22-11-15(9-21-22)18-19-7-13(8-20-18)10-23-12-16(24)6-14-4-2-3-5-17(14)23/h2-5,7-9,11,16,24H,6,10,12H2,1H3. The number of hydrogen-bond donors (Lipinski definition) is 1. The molecule has 0 radical (unpaired) electrons. The van der Waals surface area contributed by atoms with Gasteiger partial charge >= 0.3 is 0 Å². The average Bonchev–Trinajstić information content (AvgIpc) is 3.02. The maximum Gasteiger partial charge on any atom is 0.162 e. The molecular weight excluding hydrogens is 302 g/mol. The van der Waals surface area contributed by atoms with Gasteiger partial charge in [0.15, 0.2) is 5.82 Å². The first kappa shape index (κ1) is 14.8. The van der Waals surface area contributed by atoms with Gasteiger partial charge in [-0.2, -0.15) is 5.10 Å². The Bertz CT molecular complexity index is 843. The van der Waals surface area contributed by atoms with E-state index < -0.39 is 0 Å². The highest BCUT2D eigenvalue weighted by Crippen LogP contribution is 2.28. The summed E-state index contributed by atoms with van der Waals surface area (Å²) in [6.07, 6.45) is 7.72. The Morgan fingerprint density at radius 2 is 1.96 bits per heavy atom. The van der Waals surface area contributed by atoms with E-state index >= 15 is 0 Å². The van der Waals surface area contributed by atoms with Gasteiger partial charge < -0.3 is 10.0 Å². The molecule has 3 aromatic rings. The minimum absolute atomic E-state index is 0.338. The van der Waals surface area contributed by atoms with E-state index in [1.165, 1.54) is 11.3 Å². The van der Waals surface area contributed by atoms with Crippen molar-refractivity contribution in [1.29, 1.82) is 0 Å². The number of rotatable bonds is 3. The van der Waals surface area contributed by atoms with Gasteiger partial charge in [0.2, 0.25) is 0 Å². The van der Waals surface area contributed by atoms with Crippen molar-refractivity contribution in [3.8, 4) is 11.4 Å². The van der Waals surface area contributed by atoms with Gasteiger partial charge in [-0.1, -0.05) is 18.2 Å². The first-order valence-corrected chi connectivity index (χ1v) is 8.00. The minimum Gasteiger partial charge on any atom is -0.391 e. The maximum absolute atomic E-state index is 10.1. The highest BCUT2D eigenvalue weighted by Gasteiger charge is 2.22. The molecule has 122 valence electrons. The Labute approximate surface area is 140 Å². The molecule has 0 spiro atoms. The van der Waals surface area contributed by atoms with Crippen LogP contribution in [0.4, 0.5) is 5.69 Å². The number of fused-ring (bicyclic) bond motifs is 1. The lowest BCUT2D eigenvalue weighted by Gasteiger charge is -2.34. The van der Waals surface area contributed by atoms with Crippen molar-refractivity contribution in [2.45, 2.75) is 19.1 Å². The van der Waals surface area contributed by atoms with Gasteiger partial charge in [0.05, 0.1) is 17.9 Å². The quantitative estimate of drug-likeness (QED) is 0.797. The third-order valence-corrected chi connectivity index (χ3v) is 4.26. The summed E-state index contributed by atoms with van der Waals surface area (Å²) in [4.78, 5) is 11.1. The SMILES string of the molecule is Cn1cc(-c2ncc(CN3CC(O)Cc4ccccc43)cn2)cn1. The van der Waals surface area contributed by atoms with Gasteiger partial charge in [-0.15, -0.1) is 0 Å². The van der Waals surface area contributed by atoms with Crippen LogP contribution in [-0.2, 0) is 20.0 Å². The monoisotopic (exact) mass is 321 g/mol. The van der Waals surface area contributed by atoms with Crippen molar-refractivity contribution in [2.75, 3.05) is 11.4 Å². The Balaban J connectivity index is 1.55. The van der Waals surface area contributed by atoms with E-state index in [2.05, 4.69) is 32.1 Å². The Kier molecular flexibility index (Phi) is 3.74. The molecule has 0 fully saturated rings. The summed E-state index contributed by atoms with van der Waals surface area (Å²) in [5.41, 5.74) is 4.29. The van der Waals surface area contributed by atoms with Gasteiger partial charge in [-0.3, -0.25) is 4.68 Å². The number of benzene rings is 1. The number of aromatic nitrogens is 4. The van der Waals surface area contributed by atoms with Crippen LogP contribution in [-0.4, -0.2) is 37.5 Å². The number of aryl methyl sites for hydroxylation is 1. The van der Waals surface area contributed by atoms with Crippen LogP contribution in [0.25, 0.3) is 11.4 Å². The van der Waals surface area contributed by atoms with E-state index in [1.54, 1.807) is 10.9 Å². The zero-order valence-corrected chi connectivity index (χ0v) is 13.5. The summed E-state index contributed by atoms with van der Waals surface area (Å²) < 4.78 is 1.73. The highest BCUT2D eigenvalue weighted by atomic mass is 16.3. The van der Waals surface area contributed by atoms with Gasteiger partial charge in [-0.05, 0) is 11.6 Å². The smallest absolute Gasteiger partial charge is 0.162 e. The number of aliphatic hydroxyl groups is 1. The first-order valence-electron chi connectivity index (χ1n) is 8.00. The van der Waals surface area contributed by atoms with Crippen LogP contribution in [0.2, 0.25) is 0 Å². The zero-order chi connectivity index (χ0) is 16.5. The summed E-state index contributed by atoms with van der Waals surface area (Å²) >= 11 is 0. The predicted octanol–water partition coefficient (Wildman–Crippen LogP) is 1.80. The van der Waals surface area contributed by atoms with E-state index in [4.69, 9.17) is 0 Å². The molecule has 1 unspecified atom stereocenters. The lowest BCUT2D eigenvalue weighted by molar-refractivity contribution is 0.174. The fourth-order valence-electron chi connectivity index (χ4n) is 3.16. The van der Waals surface area contributed by atoms with Gasteiger partial charge in [0.1, 0.15) is 0 Å². The largest absolute Gasteiger partial charge is 0.391 e. The van der Waals surface area contributed by atoms with E-state index in [1.807, 2.05) is 37.8 Å². The number of nitrogens with zero attached hydrogens (tertiary/aromatic N) is 5. The molecule has 0 bridgehead atoms. The molecule has 0 amide bonds. The van der Waals surface area contributed by atoms with Crippen LogP contribution in [0, 0.1) is 0 Å². The van der Waals surface area contributed by atoms with Crippen LogP contribution >= 0.6 is 0 Å². The second-order valence-electron chi connectivity index (χ2n) is 6.18. The van der Waals surface area contributed by atoms with Crippen molar-refractivity contribution >= 4 is 5.69 Å². The lowest BCUT2D eigenvalue weighted by atomic mass is 9.99.